The van der Waals surface area contributed by atoms with Crippen molar-refractivity contribution in [1.82, 2.24) is 34.1 Å². The summed E-state index contributed by atoms with van der Waals surface area (Å²) in [6.45, 7) is 13.1. The summed E-state index contributed by atoms with van der Waals surface area (Å²) in [5, 5.41) is 9.49. The number of piperazine rings is 1. The molecule has 0 unspecified atom stereocenters. The molecule has 248 valence electrons. The van der Waals surface area contributed by atoms with E-state index < -0.39 is 17.3 Å². The van der Waals surface area contributed by atoms with Crippen LogP contribution in [0.1, 0.15) is 31.5 Å². The van der Waals surface area contributed by atoms with Crippen LogP contribution in [-0.4, -0.2) is 84.0 Å². The second kappa shape index (κ2) is 12.9. The summed E-state index contributed by atoms with van der Waals surface area (Å²) in [7, 11) is 0. The number of amides is 1. The lowest BCUT2D eigenvalue weighted by atomic mass is 10.0. The first-order valence-electron chi connectivity index (χ1n) is 15.2. The fraction of sp³-hybridized carbons (Fsp3) is 0.406. The van der Waals surface area contributed by atoms with Crippen LogP contribution in [0.3, 0.4) is 0 Å². The number of thioether (sulfide) groups is 1. The van der Waals surface area contributed by atoms with Gasteiger partial charge in [-0.3, -0.25) is 14.3 Å². The Hall–Kier alpha value is -3.46. The smallest absolute Gasteiger partial charge is 0.349 e. The van der Waals surface area contributed by atoms with E-state index in [0.717, 1.165) is 30.8 Å². The van der Waals surface area contributed by atoms with Crippen LogP contribution in [0.25, 0.3) is 22.0 Å². The van der Waals surface area contributed by atoms with Gasteiger partial charge in [0.1, 0.15) is 29.1 Å². The van der Waals surface area contributed by atoms with Crippen molar-refractivity contribution in [1.29, 1.82) is 0 Å². The summed E-state index contributed by atoms with van der Waals surface area (Å²) in [5.41, 5.74) is 0.794. The van der Waals surface area contributed by atoms with Crippen LogP contribution in [0.5, 0.6) is 0 Å². The van der Waals surface area contributed by atoms with Gasteiger partial charge in [-0.15, -0.1) is 22.0 Å². The Kier molecular flexibility index (Phi) is 9.15. The van der Waals surface area contributed by atoms with Gasteiger partial charge in [-0.05, 0) is 45.0 Å². The third-order valence-corrected chi connectivity index (χ3v) is 10.8. The molecular formula is C32H35ClF2N8O2S2. The second-order valence-corrected chi connectivity index (χ2v) is 13.7. The maximum atomic E-state index is 15.3. The predicted molar refractivity (Wildman–Crippen MR) is 185 cm³/mol. The molecule has 3 aliphatic heterocycles. The second-order valence-electron chi connectivity index (χ2n) is 12.2. The Morgan fingerprint density at radius 3 is 2.68 bits per heavy atom. The summed E-state index contributed by atoms with van der Waals surface area (Å²) < 4.78 is 33.1. The highest BCUT2D eigenvalue weighted by Crippen LogP contribution is 2.48. The van der Waals surface area contributed by atoms with E-state index in [1.807, 2.05) is 25.7 Å². The van der Waals surface area contributed by atoms with Crippen molar-refractivity contribution in [3.8, 4) is 11.1 Å². The molecule has 47 heavy (non-hydrogen) atoms. The van der Waals surface area contributed by atoms with Crippen molar-refractivity contribution in [3.05, 3.63) is 75.7 Å². The van der Waals surface area contributed by atoms with Crippen molar-refractivity contribution in [3.63, 3.8) is 0 Å². The van der Waals surface area contributed by atoms with E-state index in [-0.39, 0.29) is 48.1 Å². The number of carbonyl (C=O) groups is 1. The molecule has 4 aromatic rings. The summed E-state index contributed by atoms with van der Waals surface area (Å²) in [6.07, 6.45) is 1.31. The van der Waals surface area contributed by atoms with E-state index in [0.29, 0.717) is 59.1 Å². The van der Waals surface area contributed by atoms with Gasteiger partial charge in [-0.25, -0.2) is 13.6 Å². The summed E-state index contributed by atoms with van der Waals surface area (Å²) in [6, 6.07) is 4.60. The summed E-state index contributed by atoms with van der Waals surface area (Å²) in [4.78, 5) is 38.1. The summed E-state index contributed by atoms with van der Waals surface area (Å²) in [5.74, 6) is 1.19. The minimum absolute atomic E-state index is 0. The van der Waals surface area contributed by atoms with Gasteiger partial charge in [0.05, 0.1) is 23.1 Å². The average Bonchev–Trinajstić information content (AvgIpc) is 3.40. The number of aromatic nitrogens is 5. The van der Waals surface area contributed by atoms with E-state index in [9.17, 15) is 14.0 Å². The number of hydrogen-bond donors (Lipinski definition) is 0. The molecule has 0 bridgehead atoms. The molecule has 2 aromatic carbocycles. The van der Waals surface area contributed by atoms with Crippen molar-refractivity contribution in [2.24, 2.45) is 0 Å². The van der Waals surface area contributed by atoms with Crippen molar-refractivity contribution in [2.45, 2.75) is 56.9 Å². The zero-order valence-corrected chi connectivity index (χ0v) is 28.8. The van der Waals surface area contributed by atoms with E-state index in [4.69, 9.17) is 11.6 Å². The maximum Gasteiger partial charge on any atom is 0.350 e. The first-order chi connectivity index (χ1) is 22.0. The first-order valence-corrected chi connectivity index (χ1v) is 16.6. The Labute approximate surface area is 286 Å². The Bertz CT molecular complexity index is 1970. The van der Waals surface area contributed by atoms with Crippen molar-refractivity contribution < 1.29 is 13.6 Å². The van der Waals surface area contributed by atoms with Gasteiger partial charge < -0.3 is 14.4 Å². The normalized spacial score (nSPS) is 21.0. The van der Waals surface area contributed by atoms with Crippen LogP contribution in [0, 0.1) is 18.6 Å². The number of anilines is 1. The predicted octanol–water partition coefficient (Wildman–Crippen LogP) is 4.78. The number of rotatable bonds is 5. The highest BCUT2D eigenvalue weighted by molar-refractivity contribution is 7.99. The van der Waals surface area contributed by atoms with Gasteiger partial charge in [-0.2, -0.15) is 18.5 Å². The minimum atomic E-state index is -0.735. The average molecular weight is 701 g/mol. The Morgan fingerprint density at radius 2 is 1.94 bits per heavy atom. The molecule has 0 radical (unpaired) electrons. The van der Waals surface area contributed by atoms with Gasteiger partial charge in [-0.1, -0.05) is 18.2 Å². The molecule has 0 spiro atoms. The van der Waals surface area contributed by atoms with Crippen molar-refractivity contribution in [2.75, 3.05) is 36.8 Å². The number of fused-ring (bicyclic) bond motifs is 1. The fourth-order valence-electron chi connectivity index (χ4n) is 7.01. The molecule has 1 amide bonds. The molecule has 3 aliphatic rings. The molecule has 0 N–H and O–H groups in total. The van der Waals surface area contributed by atoms with Crippen LogP contribution < -0.4 is 10.6 Å². The van der Waals surface area contributed by atoms with E-state index in [2.05, 4.69) is 31.2 Å². The molecular weight excluding hydrogens is 666 g/mol. The maximum absolute atomic E-state index is 15.3. The lowest BCUT2D eigenvalue weighted by Crippen LogP contribution is -2.58. The molecule has 3 atom stereocenters. The van der Waals surface area contributed by atoms with Crippen LogP contribution in [0.4, 0.5) is 14.6 Å². The van der Waals surface area contributed by atoms with Crippen LogP contribution >= 0.6 is 36.9 Å². The molecule has 5 heterocycles. The highest BCUT2D eigenvalue weighted by atomic mass is 35.5. The van der Waals surface area contributed by atoms with Crippen molar-refractivity contribution >= 4 is 59.5 Å². The molecule has 10 nitrogen and oxygen atoms in total. The fourth-order valence-corrected chi connectivity index (χ4v) is 8.69. The molecule has 7 rings (SSSR count). The number of hydrogen-bond acceptors (Lipinski definition) is 8. The van der Waals surface area contributed by atoms with E-state index in [1.165, 1.54) is 30.0 Å². The topological polar surface area (TPSA) is 92.4 Å². The highest BCUT2D eigenvalue weighted by Gasteiger charge is 2.36. The van der Waals surface area contributed by atoms with Gasteiger partial charge >= 0.3 is 5.69 Å². The molecule has 15 heteroatoms. The standard InChI is InChI=1S/C32H33ClF2N8O2S.H2S/c1-5-27(44)41-12-18(3)42(13-17(41)2)31-23-11-24(33)28(22-7-6-20(34)10-25(22)35)30-29(23)43(32(45)36-31)21(16-46-30)14-39-8-9-40-19(4)37-38-26(40)15-39;/h5-7,10-11,17-18,21H,1,8-9,12-16H2,2-4H3;1H2/t17-,18+,21+;/m1./s1. The molecule has 1 saturated heterocycles. The minimum Gasteiger partial charge on any atom is -0.349 e. The molecule has 1 fully saturated rings. The van der Waals surface area contributed by atoms with Gasteiger partial charge in [0.2, 0.25) is 5.91 Å². The number of halogens is 3. The van der Waals surface area contributed by atoms with Gasteiger partial charge in [0, 0.05) is 78.0 Å². The quantitative estimate of drug-likeness (QED) is 0.275. The molecule has 0 aliphatic carbocycles. The largest absolute Gasteiger partial charge is 0.350 e. The third-order valence-electron chi connectivity index (χ3n) is 9.28. The lowest BCUT2D eigenvalue weighted by Gasteiger charge is -2.45. The van der Waals surface area contributed by atoms with Crippen LogP contribution in [0.15, 0.2) is 46.6 Å². The molecule has 2 aromatic heterocycles. The monoisotopic (exact) mass is 700 g/mol. The Balaban J connectivity index is 0.00000386. The first kappa shape index (κ1) is 33.4. The lowest BCUT2D eigenvalue weighted by molar-refractivity contribution is -0.128. The van der Waals surface area contributed by atoms with Crippen LogP contribution in [0.2, 0.25) is 5.02 Å². The zero-order valence-electron chi connectivity index (χ0n) is 26.2. The van der Waals surface area contributed by atoms with Crippen LogP contribution in [-0.2, 0) is 17.9 Å². The van der Waals surface area contributed by atoms with E-state index in [1.54, 1.807) is 15.5 Å². The molecule has 0 saturated carbocycles. The number of aryl methyl sites for hydroxylation is 1. The number of benzene rings is 2. The number of nitrogens with zero attached hydrogens (tertiary/aromatic N) is 8. The van der Waals surface area contributed by atoms with Gasteiger partial charge in [0.15, 0.2) is 0 Å². The number of carbonyl (C=O) groups excluding carboxylic acids is 1. The third kappa shape index (κ3) is 5.72. The zero-order chi connectivity index (χ0) is 32.4. The van der Waals surface area contributed by atoms with Gasteiger partial charge in [0.25, 0.3) is 0 Å². The SMILES string of the molecule is C=CC(=O)N1C[C@H](C)N(c2nc(=O)n3c4c(c(-c5ccc(F)cc5F)c(Cl)cc24)SC[C@@H]3CN2CCn3c(C)nnc3C2)C[C@H]1C.S. The summed E-state index contributed by atoms with van der Waals surface area (Å²) >= 11 is 8.47. The Morgan fingerprint density at radius 1 is 1.15 bits per heavy atom. The van der Waals surface area contributed by atoms with E-state index >= 15 is 4.39 Å².